The van der Waals surface area contributed by atoms with Crippen molar-refractivity contribution in [3.8, 4) is 17.4 Å². The molecule has 0 radical (unpaired) electrons. The Morgan fingerprint density at radius 2 is 1.74 bits per heavy atom. The third-order valence-corrected chi connectivity index (χ3v) is 3.64. The van der Waals surface area contributed by atoms with E-state index in [2.05, 4.69) is 4.98 Å². The Morgan fingerprint density at radius 1 is 1.11 bits per heavy atom. The van der Waals surface area contributed by atoms with Gasteiger partial charge in [0.2, 0.25) is 11.8 Å². The first-order chi connectivity index (χ1) is 12.8. The average Bonchev–Trinajstić information content (AvgIpc) is 2.66. The number of carbonyl (C=O) groups is 1. The van der Waals surface area contributed by atoms with Gasteiger partial charge in [0.1, 0.15) is 11.5 Å². The maximum atomic E-state index is 13.8. The lowest BCUT2D eigenvalue weighted by molar-refractivity contribution is -0.151. The minimum atomic E-state index is -1.38. The van der Waals surface area contributed by atoms with E-state index in [0.29, 0.717) is 12.4 Å². The Bertz CT molecular complexity index is 797. The molecule has 0 saturated carbocycles. The topological polar surface area (TPSA) is 57.7 Å². The molecule has 8 heteroatoms. The van der Waals surface area contributed by atoms with Crippen LogP contribution in [0.25, 0.3) is 0 Å². The minimum Gasteiger partial charge on any atom is -0.479 e. The van der Waals surface area contributed by atoms with Crippen LogP contribution in [0.4, 0.5) is 13.2 Å². The second-order valence-corrected chi connectivity index (χ2v) is 5.82. The van der Waals surface area contributed by atoms with Crippen LogP contribution in [0.1, 0.15) is 32.3 Å². The zero-order valence-corrected chi connectivity index (χ0v) is 15.2. The van der Waals surface area contributed by atoms with Crippen molar-refractivity contribution in [2.24, 2.45) is 0 Å². The van der Waals surface area contributed by atoms with E-state index in [4.69, 9.17) is 14.2 Å². The fraction of sp³-hybridized carbons (Fsp3) is 0.368. The van der Waals surface area contributed by atoms with Crippen LogP contribution >= 0.6 is 0 Å². The van der Waals surface area contributed by atoms with Crippen molar-refractivity contribution in [3.05, 3.63) is 47.4 Å². The molecule has 0 spiro atoms. The third-order valence-electron chi connectivity index (χ3n) is 3.64. The third kappa shape index (κ3) is 5.35. The van der Waals surface area contributed by atoms with Crippen LogP contribution in [-0.2, 0) is 9.53 Å². The highest BCUT2D eigenvalue weighted by molar-refractivity contribution is 5.74. The van der Waals surface area contributed by atoms with Crippen LogP contribution in [0.5, 0.6) is 17.4 Å². The van der Waals surface area contributed by atoms with Gasteiger partial charge in [0, 0.05) is 5.56 Å². The van der Waals surface area contributed by atoms with E-state index in [0.717, 1.165) is 19.8 Å². The quantitative estimate of drug-likeness (QED) is 0.375. The van der Waals surface area contributed by atoms with Crippen LogP contribution in [0.3, 0.4) is 0 Å². The molecule has 1 atom stereocenters. The monoisotopic (exact) mass is 383 g/mol. The molecule has 0 fully saturated rings. The number of ether oxygens (including phenoxy) is 3. The molecule has 0 amide bonds. The first-order valence-corrected chi connectivity index (χ1v) is 8.45. The first kappa shape index (κ1) is 20.5. The van der Waals surface area contributed by atoms with E-state index in [9.17, 15) is 18.0 Å². The number of hydrogen-bond acceptors (Lipinski definition) is 5. The number of pyridine rings is 1. The highest BCUT2D eigenvalue weighted by atomic mass is 19.2. The number of unbranched alkanes of at least 4 members (excludes halogenated alkanes) is 1. The number of hydrogen-bond donors (Lipinski definition) is 0. The van der Waals surface area contributed by atoms with Gasteiger partial charge >= 0.3 is 5.97 Å². The molecule has 1 aromatic carbocycles. The summed E-state index contributed by atoms with van der Waals surface area (Å²) in [6.45, 7) is 4.94. The van der Waals surface area contributed by atoms with E-state index in [1.54, 1.807) is 6.92 Å². The Balaban J connectivity index is 2.00. The van der Waals surface area contributed by atoms with E-state index in [-0.39, 0.29) is 5.75 Å². The zero-order valence-electron chi connectivity index (χ0n) is 15.2. The molecule has 2 aromatic rings. The van der Waals surface area contributed by atoms with Gasteiger partial charge in [-0.3, -0.25) is 0 Å². The van der Waals surface area contributed by atoms with Crippen molar-refractivity contribution in [1.82, 2.24) is 4.98 Å². The number of aromatic nitrogens is 1. The molecule has 1 unspecified atom stereocenters. The van der Waals surface area contributed by atoms with Crippen LogP contribution in [-0.4, -0.2) is 23.7 Å². The molecule has 27 heavy (non-hydrogen) atoms. The maximum absolute atomic E-state index is 13.8. The number of halogens is 3. The molecule has 2 rings (SSSR count). The summed E-state index contributed by atoms with van der Waals surface area (Å²) in [5, 5.41) is 0. The SMILES string of the molecule is CCCCOC(=O)C(C)Oc1ccc(Oc2nc(F)c(C)c(F)c2F)cc1. The summed E-state index contributed by atoms with van der Waals surface area (Å²) in [6, 6.07) is 5.70. The molecule has 0 aliphatic heterocycles. The van der Waals surface area contributed by atoms with Crippen LogP contribution in [0, 0.1) is 24.5 Å². The lowest BCUT2D eigenvalue weighted by atomic mass is 10.3. The van der Waals surface area contributed by atoms with Gasteiger partial charge in [-0.25, -0.2) is 9.18 Å². The average molecular weight is 383 g/mol. The molecule has 1 aromatic heterocycles. The number of rotatable bonds is 8. The standard InChI is InChI=1S/C19H20F3NO4/c1-4-5-10-25-19(24)12(3)26-13-6-8-14(9-7-13)27-18-16(21)15(20)11(2)17(22)23-18/h6-9,12H,4-5,10H2,1-3H3. The van der Waals surface area contributed by atoms with Crippen molar-refractivity contribution in [3.63, 3.8) is 0 Å². The van der Waals surface area contributed by atoms with Crippen LogP contribution in [0.15, 0.2) is 24.3 Å². The summed E-state index contributed by atoms with van der Waals surface area (Å²) < 4.78 is 56.4. The Hall–Kier alpha value is -2.77. The number of carbonyl (C=O) groups excluding carboxylic acids is 1. The minimum absolute atomic E-state index is 0.0922. The van der Waals surface area contributed by atoms with Crippen LogP contribution < -0.4 is 9.47 Å². The van der Waals surface area contributed by atoms with Gasteiger partial charge in [-0.2, -0.15) is 13.8 Å². The predicted octanol–water partition coefficient (Wildman–Crippen LogP) is 4.71. The van der Waals surface area contributed by atoms with E-state index >= 15 is 0 Å². The largest absolute Gasteiger partial charge is 0.479 e. The van der Waals surface area contributed by atoms with E-state index in [1.165, 1.54) is 24.3 Å². The molecule has 0 N–H and O–H groups in total. The molecule has 5 nitrogen and oxygen atoms in total. The molecule has 0 bridgehead atoms. The summed E-state index contributed by atoms with van der Waals surface area (Å²) in [5.41, 5.74) is -0.525. The first-order valence-electron chi connectivity index (χ1n) is 8.45. The molecule has 146 valence electrons. The summed E-state index contributed by atoms with van der Waals surface area (Å²) >= 11 is 0. The predicted molar refractivity (Wildman–Crippen MR) is 91.3 cm³/mol. The van der Waals surface area contributed by atoms with Gasteiger partial charge < -0.3 is 14.2 Å². The van der Waals surface area contributed by atoms with Gasteiger partial charge in [0.25, 0.3) is 5.88 Å². The summed E-state index contributed by atoms with van der Waals surface area (Å²) in [6.07, 6.45) is 0.872. The summed E-state index contributed by atoms with van der Waals surface area (Å²) in [5.74, 6) is -4.74. The number of benzene rings is 1. The molecule has 0 saturated heterocycles. The molecular formula is C19H20F3NO4. The molecule has 1 heterocycles. The van der Waals surface area contributed by atoms with E-state index in [1.807, 2.05) is 6.92 Å². The molecular weight excluding hydrogens is 363 g/mol. The smallest absolute Gasteiger partial charge is 0.347 e. The Kier molecular flexibility index (Phi) is 7.04. The number of esters is 1. The van der Waals surface area contributed by atoms with Crippen LogP contribution in [0.2, 0.25) is 0 Å². The van der Waals surface area contributed by atoms with Gasteiger partial charge in [0.15, 0.2) is 11.9 Å². The van der Waals surface area contributed by atoms with Crippen molar-refractivity contribution < 1.29 is 32.2 Å². The number of nitrogens with zero attached hydrogens (tertiary/aromatic N) is 1. The second kappa shape index (κ2) is 9.25. The fourth-order valence-corrected chi connectivity index (χ4v) is 2.02. The molecule has 0 aliphatic rings. The van der Waals surface area contributed by atoms with Crippen molar-refractivity contribution in [2.75, 3.05) is 6.61 Å². The highest BCUT2D eigenvalue weighted by Crippen LogP contribution is 2.28. The Morgan fingerprint density at radius 3 is 2.37 bits per heavy atom. The van der Waals surface area contributed by atoms with Crippen molar-refractivity contribution >= 4 is 5.97 Å². The zero-order chi connectivity index (χ0) is 20.0. The fourth-order valence-electron chi connectivity index (χ4n) is 2.02. The second-order valence-electron chi connectivity index (χ2n) is 5.82. The van der Waals surface area contributed by atoms with E-state index < -0.39 is 41.1 Å². The normalized spacial score (nSPS) is 11.8. The summed E-state index contributed by atoms with van der Waals surface area (Å²) in [4.78, 5) is 15.0. The van der Waals surface area contributed by atoms with Gasteiger partial charge in [0.05, 0.1) is 6.61 Å². The van der Waals surface area contributed by atoms with Gasteiger partial charge in [-0.05, 0) is 44.5 Å². The van der Waals surface area contributed by atoms with Gasteiger partial charge in [-0.1, -0.05) is 13.3 Å². The lowest BCUT2D eigenvalue weighted by Gasteiger charge is -2.14. The Labute approximate surface area is 155 Å². The maximum Gasteiger partial charge on any atom is 0.347 e. The summed E-state index contributed by atoms with van der Waals surface area (Å²) in [7, 11) is 0. The molecule has 0 aliphatic carbocycles. The van der Waals surface area contributed by atoms with Gasteiger partial charge in [-0.15, -0.1) is 0 Å². The lowest BCUT2D eigenvalue weighted by Crippen LogP contribution is -2.26. The van der Waals surface area contributed by atoms with Crippen molar-refractivity contribution in [1.29, 1.82) is 0 Å². The highest BCUT2D eigenvalue weighted by Gasteiger charge is 2.20. The van der Waals surface area contributed by atoms with Crippen molar-refractivity contribution in [2.45, 2.75) is 39.7 Å².